The van der Waals surface area contributed by atoms with Gasteiger partial charge in [-0.2, -0.15) is 0 Å². The summed E-state index contributed by atoms with van der Waals surface area (Å²) in [5, 5.41) is 0.0917. The third-order valence-electron chi connectivity index (χ3n) is 5.21. The Labute approximate surface area is 171 Å². The fraction of sp³-hybridized carbons (Fsp3) is 0.350. The van der Waals surface area contributed by atoms with E-state index in [4.69, 9.17) is 16.3 Å². The minimum Gasteiger partial charge on any atom is -0.380 e. The molecule has 0 radical (unpaired) electrons. The summed E-state index contributed by atoms with van der Waals surface area (Å²) in [5.74, 6) is -2.44. The highest BCUT2D eigenvalue weighted by molar-refractivity contribution is 6.30. The molecule has 3 heterocycles. The van der Waals surface area contributed by atoms with Crippen molar-refractivity contribution in [1.82, 2.24) is 9.88 Å². The van der Waals surface area contributed by atoms with Crippen LogP contribution in [-0.4, -0.2) is 47.5 Å². The molecule has 0 unspecified atom stereocenters. The molecule has 29 heavy (non-hydrogen) atoms. The van der Waals surface area contributed by atoms with Crippen LogP contribution in [-0.2, 0) is 20.9 Å². The molecule has 6 nitrogen and oxygen atoms in total. The first-order valence-electron chi connectivity index (χ1n) is 9.10. The van der Waals surface area contributed by atoms with E-state index in [0.717, 1.165) is 11.0 Å². The molecule has 0 N–H and O–H groups in total. The van der Waals surface area contributed by atoms with Crippen LogP contribution in [0.5, 0.6) is 0 Å². The van der Waals surface area contributed by atoms with E-state index in [1.807, 2.05) is 0 Å². The first-order chi connectivity index (χ1) is 13.8. The SMILES string of the molecule is Cc1ccc(CN2C(=O)CN(c3ncc(Cl)cc3F)C(=O)[C@H]2C2COC2)cc1F. The van der Waals surface area contributed by atoms with Crippen LogP contribution in [0.1, 0.15) is 11.1 Å². The molecular weight excluding hydrogens is 404 g/mol. The van der Waals surface area contributed by atoms with Gasteiger partial charge in [-0.1, -0.05) is 23.7 Å². The molecule has 2 saturated heterocycles. The second kappa shape index (κ2) is 7.68. The quantitative estimate of drug-likeness (QED) is 0.761. The maximum absolute atomic E-state index is 14.4. The Balaban J connectivity index is 1.66. The maximum Gasteiger partial charge on any atom is 0.251 e. The second-order valence-corrected chi connectivity index (χ2v) is 7.67. The van der Waals surface area contributed by atoms with Crippen molar-refractivity contribution in [2.75, 3.05) is 24.7 Å². The first kappa shape index (κ1) is 19.7. The van der Waals surface area contributed by atoms with Crippen LogP contribution < -0.4 is 4.90 Å². The maximum atomic E-state index is 14.4. The molecule has 2 aliphatic rings. The van der Waals surface area contributed by atoms with Gasteiger partial charge in [0, 0.05) is 18.7 Å². The van der Waals surface area contributed by atoms with Crippen molar-refractivity contribution in [2.24, 2.45) is 5.92 Å². The molecule has 1 aromatic heterocycles. The zero-order valence-electron chi connectivity index (χ0n) is 15.6. The van der Waals surface area contributed by atoms with E-state index in [2.05, 4.69) is 4.98 Å². The molecule has 0 saturated carbocycles. The molecule has 1 atom stereocenters. The van der Waals surface area contributed by atoms with Crippen LogP contribution in [0.25, 0.3) is 0 Å². The van der Waals surface area contributed by atoms with Crippen molar-refractivity contribution in [3.63, 3.8) is 0 Å². The number of aromatic nitrogens is 1. The lowest BCUT2D eigenvalue weighted by molar-refractivity contribution is -0.155. The van der Waals surface area contributed by atoms with Gasteiger partial charge in [0.2, 0.25) is 5.91 Å². The molecule has 2 aromatic rings. The van der Waals surface area contributed by atoms with E-state index in [9.17, 15) is 18.4 Å². The van der Waals surface area contributed by atoms with Gasteiger partial charge in [-0.3, -0.25) is 14.5 Å². The zero-order valence-corrected chi connectivity index (χ0v) is 16.3. The minimum atomic E-state index is -0.841. The van der Waals surface area contributed by atoms with Crippen molar-refractivity contribution in [3.05, 3.63) is 58.2 Å². The number of amides is 2. The Bertz CT molecular complexity index is 983. The molecule has 2 fully saturated rings. The van der Waals surface area contributed by atoms with Gasteiger partial charge in [0.05, 0.1) is 18.2 Å². The largest absolute Gasteiger partial charge is 0.380 e. The summed E-state index contributed by atoms with van der Waals surface area (Å²) in [7, 11) is 0. The summed E-state index contributed by atoms with van der Waals surface area (Å²) in [6, 6.07) is 4.91. The number of pyridine rings is 1. The Morgan fingerprint density at radius 2 is 1.97 bits per heavy atom. The van der Waals surface area contributed by atoms with Gasteiger partial charge in [-0.25, -0.2) is 13.8 Å². The number of carbonyl (C=O) groups is 2. The summed E-state index contributed by atoms with van der Waals surface area (Å²) >= 11 is 5.74. The van der Waals surface area contributed by atoms with E-state index >= 15 is 0 Å². The normalized spacial score (nSPS) is 20.2. The molecule has 2 aliphatic heterocycles. The highest BCUT2D eigenvalue weighted by atomic mass is 35.5. The molecule has 0 aliphatic carbocycles. The first-order valence-corrected chi connectivity index (χ1v) is 9.47. The van der Waals surface area contributed by atoms with Crippen LogP contribution >= 0.6 is 11.6 Å². The predicted molar refractivity (Wildman–Crippen MR) is 101 cm³/mol. The number of piperazine rings is 1. The monoisotopic (exact) mass is 421 g/mol. The van der Waals surface area contributed by atoms with Gasteiger partial charge in [0.25, 0.3) is 5.91 Å². The van der Waals surface area contributed by atoms with E-state index in [-0.39, 0.29) is 41.6 Å². The van der Waals surface area contributed by atoms with Crippen molar-refractivity contribution in [3.8, 4) is 0 Å². The lowest BCUT2D eigenvalue weighted by Crippen LogP contribution is -2.65. The fourth-order valence-electron chi connectivity index (χ4n) is 3.55. The topological polar surface area (TPSA) is 62.7 Å². The lowest BCUT2D eigenvalue weighted by atomic mass is 9.92. The number of anilines is 1. The van der Waals surface area contributed by atoms with Crippen LogP contribution in [0.15, 0.2) is 30.5 Å². The Hall–Kier alpha value is -2.58. The summed E-state index contributed by atoms with van der Waals surface area (Å²) in [5.41, 5.74) is 1.07. The van der Waals surface area contributed by atoms with Crippen LogP contribution in [0, 0.1) is 24.5 Å². The minimum absolute atomic E-state index is 0.0767. The number of nitrogens with zero attached hydrogens (tertiary/aromatic N) is 3. The number of hydrogen-bond acceptors (Lipinski definition) is 4. The zero-order chi connectivity index (χ0) is 20.7. The van der Waals surface area contributed by atoms with Gasteiger partial charge in [-0.15, -0.1) is 0 Å². The number of ether oxygens (including phenoxy) is 1. The second-order valence-electron chi connectivity index (χ2n) is 7.23. The standard InChI is InChI=1S/C20H18ClF2N3O3/c1-11-2-3-12(4-15(11)22)7-25-17(27)8-26(19-16(23)5-14(21)6-24-19)20(28)18(25)13-9-29-10-13/h2-6,13,18H,7-10H2,1H3/t18-/m1/s1. The van der Waals surface area contributed by atoms with Gasteiger partial charge in [0.1, 0.15) is 18.4 Å². The van der Waals surface area contributed by atoms with Crippen molar-refractivity contribution >= 4 is 29.2 Å². The van der Waals surface area contributed by atoms with E-state index in [1.54, 1.807) is 19.1 Å². The van der Waals surface area contributed by atoms with E-state index in [1.165, 1.54) is 17.2 Å². The van der Waals surface area contributed by atoms with Crippen molar-refractivity contribution in [2.45, 2.75) is 19.5 Å². The predicted octanol–water partition coefficient (Wildman–Crippen LogP) is 2.71. The third kappa shape index (κ3) is 3.70. The van der Waals surface area contributed by atoms with E-state index in [0.29, 0.717) is 24.3 Å². The van der Waals surface area contributed by atoms with Crippen molar-refractivity contribution in [1.29, 1.82) is 0 Å². The van der Waals surface area contributed by atoms with Crippen LogP contribution in [0.2, 0.25) is 5.02 Å². The summed E-state index contributed by atoms with van der Waals surface area (Å²) in [4.78, 5) is 32.5. The highest BCUT2D eigenvalue weighted by Crippen LogP contribution is 2.30. The van der Waals surface area contributed by atoms with Gasteiger partial charge in [0.15, 0.2) is 11.6 Å². The van der Waals surface area contributed by atoms with Crippen LogP contribution in [0.3, 0.4) is 0 Å². The Morgan fingerprint density at radius 3 is 2.59 bits per heavy atom. The summed E-state index contributed by atoms with van der Waals surface area (Å²) in [6.07, 6.45) is 1.22. The average molecular weight is 422 g/mol. The smallest absolute Gasteiger partial charge is 0.251 e. The number of carbonyl (C=O) groups excluding carboxylic acids is 2. The van der Waals surface area contributed by atoms with Gasteiger partial charge >= 0.3 is 0 Å². The number of hydrogen-bond donors (Lipinski definition) is 0. The summed E-state index contributed by atoms with van der Waals surface area (Å²) < 4.78 is 33.5. The molecule has 9 heteroatoms. The third-order valence-corrected chi connectivity index (χ3v) is 5.42. The van der Waals surface area contributed by atoms with Gasteiger partial charge in [-0.05, 0) is 30.2 Å². The number of rotatable bonds is 4. The highest BCUT2D eigenvalue weighted by Gasteiger charge is 2.47. The molecule has 152 valence electrons. The number of aryl methyl sites for hydroxylation is 1. The molecule has 2 amide bonds. The molecule has 4 rings (SSSR count). The Kier molecular flexibility index (Phi) is 5.23. The average Bonchev–Trinajstić information content (AvgIpc) is 2.62. The summed E-state index contributed by atoms with van der Waals surface area (Å²) in [6.45, 7) is 1.99. The van der Waals surface area contributed by atoms with E-state index < -0.39 is 17.8 Å². The molecule has 0 spiro atoms. The molecular formula is C20H18ClF2N3O3. The van der Waals surface area contributed by atoms with Gasteiger partial charge < -0.3 is 9.64 Å². The number of benzene rings is 1. The van der Waals surface area contributed by atoms with Crippen molar-refractivity contribution < 1.29 is 23.1 Å². The molecule has 1 aromatic carbocycles. The number of halogens is 3. The lowest BCUT2D eigenvalue weighted by Gasteiger charge is -2.45. The Morgan fingerprint density at radius 1 is 1.21 bits per heavy atom. The fourth-order valence-corrected chi connectivity index (χ4v) is 3.69. The molecule has 0 bridgehead atoms. The van der Waals surface area contributed by atoms with Crippen LogP contribution in [0.4, 0.5) is 14.6 Å².